The molecule has 1 atom stereocenters. The Bertz CT molecular complexity index is 742. The van der Waals surface area contributed by atoms with Gasteiger partial charge in [0.2, 0.25) is 0 Å². The fourth-order valence-corrected chi connectivity index (χ4v) is 3.93. The Morgan fingerprint density at radius 2 is 2.17 bits per heavy atom. The highest BCUT2D eigenvalue weighted by molar-refractivity contribution is 8.14. The predicted octanol–water partition coefficient (Wildman–Crippen LogP) is 2.89. The average Bonchev–Trinajstić information content (AvgIpc) is 3.01. The maximum Gasteiger partial charge on any atom is 0.338 e. The second kappa shape index (κ2) is 6.64. The molecule has 8 heteroatoms. The van der Waals surface area contributed by atoms with Crippen LogP contribution in [-0.4, -0.2) is 39.9 Å². The van der Waals surface area contributed by atoms with Crippen LogP contribution in [0.15, 0.2) is 40.5 Å². The van der Waals surface area contributed by atoms with Crippen LogP contribution in [0.2, 0.25) is 0 Å². The van der Waals surface area contributed by atoms with E-state index in [4.69, 9.17) is 4.74 Å². The van der Waals surface area contributed by atoms with E-state index in [1.807, 2.05) is 0 Å². The summed E-state index contributed by atoms with van der Waals surface area (Å²) < 4.78 is 5.21. The summed E-state index contributed by atoms with van der Waals surface area (Å²) in [7, 11) is 0. The van der Waals surface area contributed by atoms with Gasteiger partial charge in [-0.2, -0.15) is 0 Å². The number of nitrogens with zero attached hydrogens (tertiary/aromatic N) is 3. The molecule has 1 unspecified atom stereocenters. The number of carbonyl (C=O) groups is 1. The molecule has 24 heavy (non-hydrogen) atoms. The van der Waals surface area contributed by atoms with E-state index in [1.165, 1.54) is 12.1 Å². The molecule has 2 aliphatic rings. The quantitative estimate of drug-likeness (QED) is 0.473. The van der Waals surface area contributed by atoms with Crippen LogP contribution in [0.4, 0.5) is 5.69 Å². The Kier molecular flexibility index (Phi) is 4.57. The number of nitro groups is 1. The van der Waals surface area contributed by atoms with Crippen LogP contribution in [0.5, 0.6) is 0 Å². The maximum atomic E-state index is 12.5. The summed E-state index contributed by atoms with van der Waals surface area (Å²) in [4.78, 5) is 29.5. The second-order valence-corrected chi connectivity index (χ2v) is 6.47. The van der Waals surface area contributed by atoms with Crippen LogP contribution in [0.3, 0.4) is 0 Å². The summed E-state index contributed by atoms with van der Waals surface area (Å²) in [5, 5.41) is 11.7. The standard InChI is InChI=1S/C16H17N3O4S/c1-3-23-15(20)13-10(2)17-16-18(8-9-24-16)14(13)11-4-6-12(7-5-11)19(21)22/h4-7,14H,3,8-9H2,1-2H3. The molecule has 1 aromatic carbocycles. The molecule has 1 saturated heterocycles. The molecule has 0 saturated carbocycles. The highest BCUT2D eigenvalue weighted by atomic mass is 32.2. The topological polar surface area (TPSA) is 85.0 Å². The maximum absolute atomic E-state index is 12.5. The number of carbonyl (C=O) groups excluding carboxylic acids is 1. The van der Waals surface area contributed by atoms with Crippen molar-refractivity contribution in [2.75, 3.05) is 18.9 Å². The van der Waals surface area contributed by atoms with Crippen molar-refractivity contribution in [1.82, 2.24) is 4.90 Å². The van der Waals surface area contributed by atoms with Gasteiger partial charge in [0.25, 0.3) is 5.69 Å². The molecule has 0 radical (unpaired) electrons. The van der Waals surface area contributed by atoms with Crippen LogP contribution < -0.4 is 0 Å². The number of allylic oxidation sites excluding steroid dienone is 1. The van der Waals surface area contributed by atoms with Gasteiger partial charge in [-0.15, -0.1) is 0 Å². The molecule has 0 aromatic heterocycles. The third-order valence-corrected chi connectivity index (χ3v) is 4.93. The molecule has 0 aliphatic carbocycles. The second-order valence-electron chi connectivity index (χ2n) is 5.41. The smallest absolute Gasteiger partial charge is 0.338 e. The van der Waals surface area contributed by atoms with Gasteiger partial charge in [-0.05, 0) is 31.5 Å². The number of benzene rings is 1. The highest BCUT2D eigenvalue weighted by Crippen LogP contribution is 2.40. The van der Waals surface area contributed by atoms with Crippen molar-refractivity contribution in [3.05, 3.63) is 51.2 Å². The van der Waals surface area contributed by atoms with E-state index < -0.39 is 10.9 Å². The zero-order chi connectivity index (χ0) is 17.3. The number of hydrogen-bond donors (Lipinski definition) is 0. The van der Waals surface area contributed by atoms with Crippen molar-refractivity contribution in [2.24, 2.45) is 4.99 Å². The molecule has 7 nitrogen and oxygen atoms in total. The van der Waals surface area contributed by atoms with Crippen molar-refractivity contribution in [2.45, 2.75) is 19.9 Å². The fraction of sp³-hybridized carbons (Fsp3) is 0.375. The van der Waals surface area contributed by atoms with Crippen molar-refractivity contribution >= 4 is 28.6 Å². The Morgan fingerprint density at radius 3 is 2.79 bits per heavy atom. The van der Waals surface area contributed by atoms with Gasteiger partial charge in [0.05, 0.1) is 28.8 Å². The van der Waals surface area contributed by atoms with Gasteiger partial charge in [0, 0.05) is 24.4 Å². The van der Waals surface area contributed by atoms with E-state index in [0.717, 1.165) is 23.0 Å². The van der Waals surface area contributed by atoms with Crippen LogP contribution in [0.25, 0.3) is 0 Å². The molecule has 0 bridgehead atoms. The van der Waals surface area contributed by atoms with E-state index in [1.54, 1.807) is 37.7 Å². The van der Waals surface area contributed by atoms with Gasteiger partial charge in [-0.3, -0.25) is 10.1 Å². The normalized spacial score (nSPS) is 19.8. The predicted molar refractivity (Wildman–Crippen MR) is 91.8 cm³/mol. The summed E-state index contributed by atoms with van der Waals surface area (Å²) in [5.41, 5.74) is 1.98. The third kappa shape index (κ3) is 2.89. The lowest BCUT2D eigenvalue weighted by Crippen LogP contribution is -2.36. The zero-order valence-corrected chi connectivity index (χ0v) is 14.2. The van der Waals surface area contributed by atoms with Gasteiger partial charge in [-0.25, -0.2) is 9.79 Å². The van der Waals surface area contributed by atoms with Gasteiger partial charge in [0.1, 0.15) is 0 Å². The summed E-state index contributed by atoms with van der Waals surface area (Å²) in [5.74, 6) is 0.504. The molecule has 1 aromatic rings. The molecule has 2 heterocycles. The minimum absolute atomic E-state index is 0.0256. The van der Waals surface area contributed by atoms with Crippen LogP contribution >= 0.6 is 11.8 Å². The zero-order valence-electron chi connectivity index (χ0n) is 13.4. The number of aliphatic imine (C=N–C) groups is 1. The summed E-state index contributed by atoms with van der Waals surface area (Å²) in [6.45, 7) is 4.61. The first-order valence-corrected chi connectivity index (χ1v) is 8.62. The number of thioether (sulfide) groups is 1. The number of ether oxygens (including phenoxy) is 1. The summed E-state index contributed by atoms with van der Waals surface area (Å²) in [6.07, 6.45) is 0. The molecular weight excluding hydrogens is 330 g/mol. The molecule has 0 N–H and O–H groups in total. The third-order valence-electron chi connectivity index (χ3n) is 3.96. The van der Waals surface area contributed by atoms with Crippen LogP contribution in [0, 0.1) is 10.1 Å². The highest BCUT2D eigenvalue weighted by Gasteiger charge is 2.38. The molecule has 0 amide bonds. The minimum Gasteiger partial charge on any atom is -0.463 e. The molecule has 1 fully saturated rings. The average molecular weight is 347 g/mol. The molecule has 0 spiro atoms. The van der Waals surface area contributed by atoms with E-state index in [0.29, 0.717) is 11.3 Å². The fourth-order valence-electron chi connectivity index (χ4n) is 2.90. The SMILES string of the molecule is CCOC(=O)C1=C(C)N=C2SCCN2C1c1ccc([N+](=O)[O-])cc1. The Morgan fingerprint density at radius 1 is 1.46 bits per heavy atom. The van der Waals surface area contributed by atoms with Gasteiger partial charge in [0.15, 0.2) is 5.17 Å². The molecule has 2 aliphatic heterocycles. The van der Waals surface area contributed by atoms with E-state index in [9.17, 15) is 14.9 Å². The molecule has 3 rings (SSSR count). The first-order valence-electron chi connectivity index (χ1n) is 7.63. The largest absolute Gasteiger partial charge is 0.463 e. The lowest BCUT2D eigenvalue weighted by Gasteiger charge is -2.34. The number of esters is 1. The van der Waals surface area contributed by atoms with Gasteiger partial charge in [-0.1, -0.05) is 11.8 Å². The Hall–Kier alpha value is -2.35. The first kappa shape index (κ1) is 16.5. The molecular formula is C16H17N3O4S. The van der Waals surface area contributed by atoms with Crippen molar-refractivity contribution in [3.8, 4) is 0 Å². The van der Waals surface area contributed by atoms with Crippen LogP contribution in [0.1, 0.15) is 25.5 Å². The van der Waals surface area contributed by atoms with Gasteiger partial charge < -0.3 is 9.64 Å². The van der Waals surface area contributed by atoms with Crippen LogP contribution in [-0.2, 0) is 9.53 Å². The lowest BCUT2D eigenvalue weighted by atomic mass is 9.94. The van der Waals surface area contributed by atoms with Crippen molar-refractivity contribution in [3.63, 3.8) is 0 Å². The van der Waals surface area contributed by atoms with Gasteiger partial charge >= 0.3 is 5.97 Å². The number of rotatable bonds is 4. The van der Waals surface area contributed by atoms with Crippen molar-refractivity contribution < 1.29 is 14.5 Å². The summed E-state index contributed by atoms with van der Waals surface area (Å²) in [6, 6.07) is 5.99. The number of fused-ring (bicyclic) bond motifs is 1. The number of nitro benzene ring substituents is 1. The Balaban J connectivity index is 2.05. The van der Waals surface area contributed by atoms with E-state index >= 15 is 0 Å². The minimum atomic E-state index is -0.434. The van der Waals surface area contributed by atoms with E-state index in [2.05, 4.69) is 9.89 Å². The molecule has 126 valence electrons. The first-order chi connectivity index (χ1) is 11.5. The summed E-state index contributed by atoms with van der Waals surface area (Å²) >= 11 is 1.65. The number of amidine groups is 1. The Labute approximate surface area is 143 Å². The number of hydrogen-bond acceptors (Lipinski definition) is 7. The van der Waals surface area contributed by atoms with Crippen molar-refractivity contribution in [1.29, 1.82) is 0 Å². The lowest BCUT2D eigenvalue weighted by molar-refractivity contribution is -0.384. The number of non-ortho nitro benzene ring substituents is 1. The van der Waals surface area contributed by atoms with E-state index in [-0.39, 0.29) is 18.3 Å². The monoisotopic (exact) mass is 347 g/mol.